The lowest BCUT2D eigenvalue weighted by molar-refractivity contribution is 0.0708. The smallest absolute Gasteiger partial charge is 0.257 e. The zero-order valence-electron chi connectivity index (χ0n) is 19.2. The second-order valence-electron chi connectivity index (χ2n) is 11.0. The zero-order valence-corrected chi connectivity index (χ0v) is 20.0. The average molecular weight is 439 g/mol. The molecular weight excluding hydrogens is 404 g/mol. The maximum Gasteiger partial charge on any atom is 0.257 e. The summed E-state index contributed by atoms with van der Waals surface area (Å²) in [5, 5.41) is 2.08. The van der Waals surface area contributed by atoms with Crippen molar-refractivity contribution >= 4 is 23.1 Å². The molecule has 0 unspecified atom stereocenters. The summed E-state index contributed by atoms with van der Waals surface area (Å²) in [6.07, 6.45) is 3.42. The predicted molar refractivity (Wildman–Crippen MR) is 128 cm³/mol. The first kappa shape index (κ1) is 21.0. The minimum Gasteiger partial charge on any atom is -0.353 e. The van der Waals surface area contributed by atoms with Crippen molar-refractivity contribution in [1.82, 2.24) is 14.8 Å². The minimum atomic E-state index is 0.172. The first-order chi connectivity index (χ1) is 14.7. The number of likely N-dealkylation sites (tertiary alicyclic amines) is 1. The second-order valence-corrected chi connectivity index (χ2v) is 11.9. The van der Waals surface area contributed by atoms with Crippen molar-refractivity contribution in [2.75, 3.05) is 44.7 Å². The Kier molecular flexibility index (Phi) is 5.13. The van der Waals surface area contributed by atoms with E-state index in [0.29, 0.717) is 11.5 Å². The molecule has 0 N–H and O–H groups in total. The minimum absolute atomic E-state index is 0.172. The van der Waals surface area contributed by atoms with Crippen molar-refractivity contribution in [2.45, 2.75) is 46.1 Å². The van der Waals surface area contributed by atoms with Crippen molar-refractivity contribution in [3.63, 3.8) is 0 Å². The van der Waals surface area contributed by atoms with E-state index < -0.39 is 0 Å². The number of nitrogens with zero attached hydrogens (tertiary/aromatic N) is 4. The quantitative estimate of drug-likeness (QED) is 0.702. The molecule has 0 spiro atoms. The van der Waals surface area contributed by atoms with Gasteiger partial charge in [0.2, 0.25) is 0 Å². The molecule has 2 saturated heterocycles. The highest BCUT2D eigenvalue weighted by molar-refractivity contribution is 7.13. The van der Waals surface area contributed by atoms with Gasteiger partial charge in [0.25, 0.3) is 5.91 Å². The van der Waals surface area contributed by atoms with Gasteiger partial charge in [0, 0.05) is 38.8 Å². The molecule has 0 aromatic carbocycles. The molecule has 2 aromatic heterocycles. The van der Waals surface area contributed by atoms with Gasteiger partial charge in [-0.1, -0.05) is 26.8 Å². The molecule has 2 aliphatic heterocycles. The largest absolute Gasteiger partial charge is 0.353 e. The molecule has 4 heterocycles. The number of hydrogen-bond donors (Lipinski definition) is 0. The third-order valence-electron chi connectivity index (χ3n) is 7.36. The standard InChI is InChI=1S/C25H34N4OS/c1-24(2)14-18-15-25(3,16-24)17-29(18)23(30)19-7-8-20(21-6-5-13-31-21)26-22(19)28-11-9-27(4)10-12-28/h5-8,13,18H,9-12,14-17H2,1-4H3/t18-,25-/m0/s1. The summed E-state index contributed by atoms with van der Waals surface area (Å²) in [5.74, 6) is 1.04. The van der Waals surface area contributed by atoms with Gasteiger partial charge in [-0.05, 0) is 60.7 Å². The molecule has 3 fully saturated rings. The lowest BCUT2D eigenvalue weighted by atomic mass is 9.65. The molecule has 31 heavy (non-hydrogen) atoms. The number of rotatable bonds is 3. The molecule has 1 aliphatic carbocycles. The Morgan fingerprint density at radius 3 is 2.58 bits per heavy atom. The number of pyridine rings is 1. The molecular formula is C25H34N4OS. The van der Waals surface area contributed by atoms with Gasteiger partial charge >= 0.3 is 0 Å². The lowest BCUT2D eigenvalue weighted by Crippen LogP contribution is -2.46. The van der Waals surface area contributed by atoms with Crippen LogP contribution < -0.4 is 4.90 Å². The van der Waals surface area contributed by atoms with E-state index in [1.54, 1.807) is 11.3 Å². The molecule has 166 valence electrons. The number of amides is 1. The number of aromatic nitrogens is 1. The van der Waals surface area contributed by atoms with E-state index in [4.69, 9.17) is 4.98 Å². The van der Waals surface area contributed by atoms with Crippen molar-refractivity contribution < 1.29 is 4.79 Å². The van der Waals surface area contributed by atoms with E-state index >= 15 is 0 Å². The van der Waals surface area contributed by atoms with Gasteiger partial charge in [-0.2, -0.15) is 0 Å². The van der Waals surface area contributed by atoms with Gasteiger partial charge in [0.1, 0.15) is 5.82 Å². The van der Waals surface area contributed by atoms with Crippen LogP contribution in [0.4, 0.5) is 5.82 Å². The Morgan fingerprint density at radius 2 is 1.87 bits per heavy atom. The normalized spacial score (nSPS) is 28.2. The van der Waals surface area contributed by atoms with Crippen LogP contribution in [0.5, 0.6) is 0 Å². The van der Waals surface area contributed by atoms with Crippen LogP contribution in [0.1, 0.15) is 50.4 Å². The molecule has 0 radical (unpaired) electrons. The topological polar surface area (TPSA) is 39.7 Å². The number of hydrogen-bond acceptors (Lipinski definition) is 5. The van der Waals surface area contributed by atoms with Crippen LogP contribution in [-0.4, -0.2) is 66.5 Å². The summed E-state index contributed by atoms with van der Waals surface area (Å²) in [4.78, 5) is 27.0. The number of anilines is 1. The summed E-state index contributed by atoms with van der Waals surface area (Å²) in [7, 11) is 2.16. The maximum absolute atomic E-state index is 13.9. The number of thiophene rings is 1. The van der Waals surface area contributed by atoms with Gasteiger partial charge in [-0.3, -0.25) is 4.79 Å². The van der Waals surface area contributed by atoms with Crippen LogP contribution in [0, 0.1) is 10.8 Å². The van der Waals surface area contributed by atoms with Gasteiger partial charge in [0.15, 0.2) is 0 Å². The number of piperazine rings is 1. The average Bonchev–Trinajstić information content (AvgIpc) is 3.33. The fourth-order valence-electron chi connectivity index (χ4n) is 6.29. The SMILES string of the molecule is CN1CCN(c2nc(-c3cccs3)ccc2C(=O)N2C[C@@]3(C)C[C@@H]2CC(C)(C)C3)CC1. The van der Waals surface area contributed by atoms with E-state index in [-0.39, 0.29) is 11.3 Å². The van der Waals surface area contributed by atoms with Crippen LogP contribution >= 0.6 is 11.3 Å². The summed E-state index contributed by atoms with van der Waals surface area (Å²) in [6.45, 7) is 11.8. The molecule has 2 aromatic rings. The Hall–Kier alpha value is -1.92. The van der Waals surface area contributed by atoms with Crippen molar-refractivity contribution in [3.8, 4) is 10.6 Å². The van der Waals surface area contributed by atoms with Crippen LogP contribution in [0.15, 0.2) is 29.6 Å². The molecule has 5 nitrogen and oxygen atoms in total. The van der Waals surface area contributed by atoms with Crippen molar-refractivity contribution in [2.24, 2.45) is 10.8 Å². The highest BCUT2D eigenvalue weighted by Gasteiger charge is 2.51. The summed E-state index contributed by atoms with van der Waals surface area (Å²) in [6, 6.07) is 8.58. The molecule has 3 aliphatic rings. The fraction of sp³-hybridized carbons (Fsp3) is 0.600. The third-order valence-corrected chi connectivity index (χ3v) is 8.25. The Bertz CT molecular complexity index is 964. The monoisotopic (exact) mass is 438 g/mol. The van der Waals surface area contributed by atoms with Crippen molar-refractivity contribution in [1.29, 1.82) is 0 Å². The van der Waals surface area contributed by atoms with E-state index in [1.807, 2.05) is 12.1 Å². The summed E-state index contributed by atoms with van der Waals surface area (Å²) in [5.41, 5.74) is 2.28. The van der Waals surface area contributed by atoms with Crippen LogP contribution in [-0.2, 0) is 0 Å². The molecule has 1 amide bonds. The molecule has 2 atom stereocenters. The Morgan fingerprint density at radius 1 is 1.10 bits per heavy atom. The maximum atomic E-state index is 13.9. The molecule has 6 heteroatoms. The zero-order chi connectivity index (χ0) is 21.8. The number of likely N-dealkylation sites (N-methyl/N-ethyl adjacent to an activating group) is 1. The third kappa shape index (κ3) is 4.00. The van der Waals surface area contributed by atoms with Crippen LogP contribution in [0.2, 0.25) is 0 Å². The van der Waals surface area contributed by atoms with E-state index in [1.165, 1.54) is 6.42 Å². The Labute approximate surface area is 190 Å². The van der Waals surface area contributed by atoms with Gasteiger partial charge in [-0.15, -0.1) is 11.3 Å². The van der Waals surface area contributed by atoms with Crippen LogP contribution in [0.3, 0.4) is 0 Å². The molecule has 1 saturated carbocycles. The fourth-order valence-corrected chi connectivity index (χ4v) is 6.98. The highest BCUT2D eigenvalue weighted by atomic mass is 32.1. The van der Waals surface area contributed by atoms with E-state index in [0.717, 1.165) is 67.5 Å². The highest BCUT2D eigenvalue weighted by Crippen LogP contribution is 2.53. The summed E-state index contributed by atoms with van der Waals surface area (Å²) < 4.78 is 0. The van der Waals surface area contributed by atoms with Gasteiger partial charge < -0.3 is 14.7 Å². The number of carbonyl (C=O) groups excluding carboxylic acids is 1. The van der Waals surface area contributed by atoms with Gasteiger partial charge in [0.05, 0.1) is 16.1 Å². The van der Waals surface area contributed by atoms with E-state index in [9.17, 15) is 4.79 Å². The summed E-state index contributed by atoms with van der Waals surface area (Å²) >= 11 is 1.70. The molecule has 5 rings (SSSR count). The number of fused-ring (bicyclic) bond motifs is 2. The predicted octanol–water partition coefficient (Wildman–Crippen LogP) is 4.60. The van der Waals surface area contributed by atoms with E-state index in [2.05, 4.69) is 60.0 Å². The lowest BCUT2D eigenvalue weighted by Gasteiger charge is -2.39. The van der Waals surface area contributed by atoms with Crippen LogP contribution in [0.25, 0.3) is 10.6 Å². The second kappa shape index (κ2) is 7.59. The van der Waals surface area contributed by atoms with Gasteiger partial charge in [-0.25, -0.2) is 4.98 Å². The number of carbonyl (C=O) groups is 1. The Balaban J connectivity index is 1.50. The van der Waals surface area contributed by atoms with Crippen molar-refractivity contribution in [3.05, 3.63) is 35.2 Å². The molecule has 2 bridgehead atoms. The first-order valence-electron chi connectivity index (χ1n) is 11.5. The first-order valence-corrected chi connectivity index (χ1v) is 12.4.